The van der Waals surface area contributed by atoms with Crippen molar-refractivity contribution in [1.29, 1.82) is 0 Å². The number of carbonyl (C=O) groups is 1. The summed E-state index contributed by atoms with van der Waals surface area (Å²) in [6.45, 7) is 1.94. The first-order valence-corrected chi connectivity index (χ1v) is 6.84. The van der Waals surface area contributed by atoms with Crippen LogP contribution < -0.4 is 0 Å². The molecule has 104 valence electrons. The van der Waals surface area contributed by atoms with Crippen LogP contribution in [0, 0.1) is 24.4 Å². The van der Waals surface area contributed by atoms with Gasteiger partial charge < -0.3 is 0 Å². The Morgan fingerprint density at radius 2 is 1.65 bits per heavy atom. The Kier molecular flexibility index (Phi) is 4.49. The Labute approximate surface area is 118 Å². The standard InChI is InChI=1S/C15H11F3OS/c1-9-2-4-10(5-3-9)20-8-13(19)11-6-7-12(16)15(18)14(11)17/h2-7H,8H2,1H3. The van der Waals surface area contributed by atoms with Gasteiger partial charge in [0, 0.05) is 4.90 Å². The summed E-state index contributed by atoms with van der Waals surface area (Å²) in [5.41, 5.74) is 0.663. The first-order chi connectivity index (χ1) is 9.49. The van der Waals surface area contributed by atoms with E-state index < -0.39 is 28.8 Å². The Bertz CT molecular complexity index is 638. The molecule has 0 aliphatic carbocycles. The Morgan fingerprint density at radius 3 is 2.30 bits per heavy atom. The van der Waals surface area contributed by atoms with Gasteiger partial charge in [0.05, 0.1) is 11.3 Å². The van der Waals surface area contributed by atoms with Crippen molar-refractivity contribution in [3.8, 4) is 0 Å². The zero-order chi connectivity index (χ0) is 14.7. The molecule has 5 heteroatoms. The van der Waals surface area contributed by atoms with Crippen LogP contribution in [0.25, 0.3) is 0 Å². The number of hydrogen-bond acceptors (Lipinski definition) is 2. The summed E-state index contributed by atoms with van der Waals surface area (Å²) in [4.78, 5) is 12.7. The first-order valence-electron chi connectivity index (χ1n) is 5.85. The molecule has 1 nitrogen and oxygen atoms in total. The maximum absolute atomic E-state index is 13.4. The molecular weight excluding hydrogens is 285 g/mol. The number of carbonyl (C=O) groups excluding carboxylic acids is 1. The van der Waals surface area contributed by atoms with E-state index >= 15 is 0 Å². The van der Waals surface area contributed by atoms with Crippen molar-refractivity contribution in [1.82, 2.24) is 0 Å². The van der Waals surface area contributed by atoms with Crippen molar-refractivity contribution in [2.75, 3.05) is 5.75 Å². The predicted molar refractivity (Wildman–Crippen MR) is 72.5 cm³/mol. The molecule has 0 heterocycles. The SMILES string of the molecule is Cc1ccc(SCC(=O)c2ccc(F)c(F)c2F)cc1. The summed E-state index contributed by atoms with van der Waals surface area (Å²) in [6, 6.07) is 9.19. The van der Waals surface area contributed by atoms with Crippen LogP contribution in [-0.2, 0) is 0 Å². The number of Topliss-reactive ketones (excluding diaryl/α,β-unsaturated/α-hetero) is 1. The largest absolute Gasteiger partial charge is 0.293 e. The van der Waals surface area contributed by atoms with Gasteiger partial charge in [-0.15, -0.1) is 11.8 Å². The summed E-state index contributed by atoms with van der Waals surface area (Å²) in [7, 11) is 0. The topological polar surface area (TPSA) is 17.1 Å². The van der Waals surface area contributed by atoms with Gasteiger partial charge in [-0.3, -0.25) is 4.79 Å². The number of ketones is 1. The van der Waals surface area contributed by atoms with Crippen LogP contribution in [0.1, 0.15) is 15.9 Å². The second-order valence-electron chi connectivity index (χ2n) is 4.25. The summed E-state index contributed by atoms with van der Waals surface area (Å²) in [6.07, 6.45) is 0. The minimum atomic E-state index is -1.61. The molecule has 0 saturated carbocycles. The Balaban J connectivity index is 2.09. The summed E-state index contributed by atoms with van der Waals surface area (Å²) in [5, 5.41) is 0. The smallest absolute Gasteiger partial charge is 0.195 e. The van der Waals surface area contributed by atoms with Crippen molar-refractivity contribution < 1.29 is 18.0 Å². The monoisotopic (exact) mass is 296 g/mol. The van der Waals surface area contributed by atoms with E-state index in [0.717, 1.165) is 22.6 Å². The van der Waals surface area contributed by atoms with Gasteiger partial charge >= 0.3 is 0 Å². The van der Waals surface area contributed by atoms with Gasteiger partial charge in [0.2, 0.25) is 0 Å². The fourth-order valence-electron chi connectivity index (χ4n) is 1.60. The summed E-state index contributed by atoms with van der Waals surface area (Å²) >= 11 is 1.22. The lowest BCUT2D eigenvalue weighted by Gasteiger charge is -2.04. The number of aryl methyl sites for hydroxylation is 1. The highest BCUT2D eigenvalue weighted by Crippen LogP contribution is 2.22. The molecule has 0 unspecified atom stereocenters. The fraction of sp³-hybridized carbons (Fsp3) is 0.133. The molecule has 0 amide bonds. The van der Waals surface area contributed by atoms with Crippen LogP contribution in [0.3, 0.4) is 0 Å². The molecule has 0 bridgehead atoms. The fourth-order valence-corrected chi connectivity index (χ4v) is 2.38. The van der Waals surface area contributed by atoms with Gasteiger partial charge in [0.15, 0.2) is 23.2 Å². The third kappa shape index (κ3) is 3.22. The van der Waals surface area contributed by atoms with Gasteiger partial charge in [-0.05, 0) is 31.2 Å². The van der Waals surface area contributed by atoms with Crippen molar-refractivity contribution >= 4 is 17.5 Å². The molecule has 0 aliphatic rings. The highest BCUT2D eigenvalue weighted by Gasteiger charge is 2.18. The van der Waals surface area contributed by atoms with E-state index in [4.69, 9.17) is 0 Å². The average molecular weight is 296 g/mol. The van der Waals surface area contributed by atoms with Gasteiger partial charge in [0.25, 0.3) is 0 Å². The first kappa shape index (κ1) is 14.7. The normalized spacial score (nSPS) is 10.6. The predicted octanol–water partition coefficient (Wildman–Crippen LogP) is 4.39. The third-order valence-electron chi connectivity index (χ3n) is 2.73. The van der Waals surface area contributed by atoms with E-state index in [2.05, 4.69) is 0 Å². The van der Waals surface area contributed by atoms with Crippen molar-refractivity contribution in [3.05, 3.63) is 65.0 Å². The van der Waals surface area contributed by atoms with E-state index in [1.807, 2.05) is 31.2 Å². The molecule has 0 spiro atoms. The molecule has 0 fully saturated rings. The minimum Gasteiger partial charge on any atom is -0.293 e. The van der Waals surface area contributed by atoms with Crippen LogP contribution in [0.2, 0.25) is 0 Å². The molecule has 0 N–H and O–H groups in total. The molecule has 2 aromatic carbocycles. The Morgan fingerprint density at radius 1 is 1.00 bits per heavy atom. The van der Waals surface area contributed by atoms with Crippen molar-refractivity contribution in [2.24, 2.45) is 0 Å². The van der Waals surface area contributed by atoms with E-state index in [0.29, 0.717) is 0 Å². The van der Waals surface area contributed by atoms with E-state index in [1.54, 1.807) is 0 Å². The molecule has 0 aliphatic heterocycles. The van der Waals surface area contributed by atoms with Crippen LogP contribution in [0.4, 0.5) is 13.2 Å². The van der Waals surface area contributed by atoms with E-state index in [-0.39, 0.29) is 5.75 Å². The lowest BCUT2D eigenvalue weighted by atomic mass is 10.1. The number of hydrogen-bond donors (Lipinski definition) is 0. The Hall–Kier alpha value is -1.75. The second-order valence-corrected chi connectivity index (χ2v) is 5.30. The zero-order valence-electron chi connectivity index (χ0n) is 10.6. The average Bonchev–Trinajstić information content (AvgIpc) is 2.44. The highest BCUT2D eigenvalue weighted by atomic mass is 32.2. The zero-order valence-corrected chi connectivity index (χ0v) is 11.4. The van der Waals surface area contributed by atoms with Gasteiger partial charge in [-0.1, -0.05) is 17.7 Å². The van der Waals surface area contributed by atoms with Crippen LogP contribution in [0.5, 0.6) is 0 Å². The molecule has 2 rings (SSSR count). The van der Waals surface area contributed by atoms with Crippen LogP contribution >= 0.6 is 11.8 Å². The number of rotatable bonds is 4. The molecule has 0 saturated heterocycles. The van der Waals surface area contributed by atoms with Crippen molar-refractivity contribution in [3.63, 3.8) is 0 Å². The van der Waals surface area contributed by atoms with Crippen molar-refractivity contribution in [2.45, 2.75) is 11.8 Å². The van der Waals surface area contributed by atoms with Gasteiger partial charge in [-0.25, -0.2) is 13.2 Å². The van der Waals surface area contributed by atoms with E-state index in [1.165, 1.54) is 11.8 Å². The van der Waals surface area contributed by atoms with Crippen LogP contribution in [-0.4, -0.2) is 11.5 Å². The quantitative estimate of drug-likeness (QED) is 0.473. The number of halogens is 3. The summed E-state index contributed by atoms with van der Waals surface area (Å²) in [5.74, 6) is -4.96. The maximum atomic E-state index is 13.4. The molecule has 0 aromatic heterocycles. The summed E-state index contributed by atoms with van der Waals surface area (Å²) < 4.78 is 39.3. The van der Waals surface area contributed by atoms with Gasteiger partial charge in [-0.2, -0.15) is 0 Å². The molecular formula is C15H11F3OS. The lowest BCUT2D eigenvalue weighted by Crippen LogP contribution is -2.08. The van der Waals surface area contributed by atoms with Gasteiger partial charge in [0.1, 0.15) is 0 Å². The van der Waals surface area contributed by atoms with Crippen LogP contribution in [0.15, 0.2) is 41.3 Å². The molecule has 2 aromatic rings. The second kappa shape index (κ2) is 6.13. The molecule has 0 radical (unpaired) electrons. The minimum absolute atomic E-state index is 0.0367. The van der Waals surface area contributed by atoms with E-state index in [9.17, 15) is 18.0 Å². The number of thioether (sulfide) groups is 1. The molecule has 0 atom stereocenters. The third-order valence-corrected chi connectivity index (χ3v) is 3.74. The number of benzene rings is 2. The maximum Gasteiger partial charge on any atom is 0.195 e. The lowest BCUT2D eigenvalue weighted by molar-refractivity contribution is 0.101. The highest BCUT2D eigenvalue weighted by molar-refractivity contribution is 8.00. The molecule has 20 heavy (non-hydrogen) atoms.